The lowest BCUT2D eigenvalue weighted by atomic mass is 10.3. The number of hydrogen-bond donors (Lipinski definition) is 1. The summed E-state index contributed by atoms with van der Waals surface area (Å²) in [7, 11) is 0. The van der Waals surface area contributed by atoms with Crippen LogP contribution in [0.15, 0.2) is 18.3 Å². The first-order valence-corrected chi connectivity index (χ1v) is 4.62. The van der Waals surface area contributed by atoms with Gasteiger partial charge >= 0.3 is 0 Å². The van der Waals surface area contributed by atoms with Gasteiger partial charge in [0.15, 0.2) is 11.4 Å². The smallest absolute Gasteiger partial charge is 0.182 e. The van der Waals surface area contributed by atoms with Gasteiger partial charge in [0.05, 0.1) is 0 Å². The number of rotatable bonds is 2. The molecule has 0 amide bonds. The van der Waals surface area contributed by atoms with Crippen molar-refractivity contribution in [2.75, 3.05) is 13.1 Å². The highest BCUT2D eigenvalue weighted by atomic mass is 16.5. The number of aromatic nitrogens is 1. The minimum Gasteiger partial charge on any atom is -0.486 e. The zero-order chi connectivity index (χ0) is 9.80. The molecule has 1 fully saturated rings. The van der Waals surface area contributed by atoms with Crippen LogP contribution in [0.4, 0.5) is 0 Å². The molecule has 0 radical (unpaired) electrons. The monoisotopic (exact) mass is 189 g/mol. The Labute approximate surface area is 82.5 Å². The van der Waals surface area contributed by atoms with Gasteiger partial charge in [-0.2, -0.15) is 5.26 Å². The van der Waals surface area contributed by atoms with Gasteiger partial charge in [0, 0.05) is 12.7 Å². The third kappa shape index (κ3) is 1.83. The van der Waals surface area contributed by atoms with Gasteiger partial charge in [-0.25, -0.2) is 4.98 Å². The Morgan fingerprint density at radius 3 is 3.29 bits per heavy atom. The molecule has 1 aliphatic heterocycles. The summed E-state index contributed by atoms with van der Waals surface area (Å²) >= 11 is 0. The zero-order valence-electron chi connectivity index (χ0n) is 7.73. The summed E-state index contributed by atoms with van der Waals surface area (Å²) in [5, 5.41) is 12.0. The van der Waals surface area contributed by atoms with E-state index >= 15 is 0 Å². The minimum atomic E-state index is 0.172. The van der Waals surface area contributed by atoms with E-state index < -0.39 is 0 Å². The molecule has 4 nitrogen and oxygen atoms in total. The second kappa shape index (κ2) is 4.07. The molecule has 1 atom stereocenters. The van der Waals surface area contributed by atoms with Gasteiger partial charge in [0.25, 0.3) is 0 Å². The average Bonchev–Trinajstić information content (AvgIpc) is 2.71. The number of nitriles is 1. The molecule has 0 aromatic carbocycles. The summed E-state index contributed by atoms with van der Waals surface area (Å²) < 4.78 is 5.65. The summed E-state index contributed by atoms with van der Waals surface area (Å²) in [6.45, 7) is 1.83. The van der Waals surface area contributed by atoms with E-state index in [-0.39, 0.29) is 6.10 Å². The molecule has 1 aromatic rings. The van der Waals surface area contributed by atoms with Gasteiger partial charge in [0.1, 0.15) is 12.2 Å². The van der Waals surface area contributed by atoms with Crippen molar-refractivity contribution < 1.29 is 4.74 Å². The van der Waals surface area contributed by atoms with Gasteiger partial charge in [-0.1, -0.05) is 0 Å². The van der Waals surface area contributed by atoms with Gasteiger partial charge < -0.3 is 10.1 Å². The predicted octanol–water partition coefficient (Wildman–Crippen LogP) is 0.694. The summed E-state index contributed by atoms with van der Waals surface area (Å²) in [6, 6.07) is 5.57. The minimum absolute atomic E-state index is 0.172. The van der Waals surface area contributed by atoms with Crippen LogP contribution in [0.1, 0.15) is 12.1 Å². The van der Waals surface area contributed by atoms with Crippen LogP contribution in [-0.4, -0.2) is 24.2 Å². The average molecular weight is 189 g/mol. The highest BCUT2D eigenvalue weighted by Gasteiger charge is 2.17. The molecule has 2 rings (SSSR count). The molecule has 14 heavy (non-hydrogen) atoms. The Bertz CT molecular complexity index is 353. The summed E-state index contributed by atoms with van der Waals surface area (Å²) in [5.74, 6) is 0.587. The summed E-state index contributed by atoms with van der Waals surface area (Å²) in [5.41, 5.74) is 0.361. The van der Waals surface area contributed by atoms with Crippen molar-refractivity contribution in [1.82, 2.24) is 10.3 Å². The number of ether oxygens (including phenoxy) is 1. The number of nitrogens with zero attached hydrogens (tertiary/aromatic N) is 2. The van der Waals surface area contributed by atoms with E-state index in [1.807, 2.05) is 6.07 Å². The standard InChI is InChI=1S/C10H11N3O/c11-6-9-10(2-1-4-13-9)14-8-3-5-12-7-8/h1-2,4,8,12H,3,5,7H2. The first kappa shape index (κ1) is 8.97. The maximum absolute atomic E-state index is 8.78. The molecule has 1 aliphatic rings. The maximum Gasteiger partial charge on any atom is 0.182 e. The van der Waals surface area contributed by atoms with Crippen LogP contribution in [0.2, 0.25) is 0 Å². The fourth-order valence-corrected chi connectivity index (χ4v) is 1.48. The highest BCUT2D eigenvalue weighted by Crippen LogP contribution is 2.17. The van der Waals surface area contributed by atoms with Crippen molar-refractivity contribution in [3.05, 3.63) is 24.0 Å². The number of hydrogen-bond acceptors (Lipinski definition) is 4. The summed E-state index contributed by atoms with van der Waals surface area (Å²) in [4.78, 5) is 3.93. The van der Waals surface area contributed by atoms with Crippen LogP contribution in [0.25, 0.3) is 0 Å². The Balaban J connectivity index is 2.11. The van der Waals surface area contributed by atoms with Crippen molar-refractivity contribution in [3.63, 3.8) is 0 Å². The maximum atomic E-state index is 8.78. The lowest BCUT2D eigenvalue weighted by molar-refractivity contribution is 0.221. The Hall–Kier alpha value is -1.60. The van der Waals surface area contributed by atoms with Crippen molar-refractivity contribution in [2.24, 2.45) is 0 Å². The van der Waals surface area contributed by atoms with E-state index in [1.54, 1.807) is 18.3 Å². The van der Waals surface area contributed by atoms with E-state index in [1.165, 1.54) is 0 Å². The van der Waals surface area contributed by atoms with E-state index in [0.717, 1.165) is 19.5 Å². The number of pyridine rings is 1. The van der Waals surface area contributed by atoms with Crippen LogP contribution in [-0.2, 0) is 0 Å². The second-order valence-electron chi connectivity index (χ2n) is 3.19. The Morgan fingerprint density at radius 1 is 1.64 bits per heavy atom. The van der Waals surface area contributed by atoms with E-state index in [2.05, 4.69) is 10.3 Å². The molecule has 1 aromatic heterocycles. The lowest BCUT2D eigenvalue weighted by Crippen LogP contribution is -2.20. The van der Waals surface area contributed by atoms with Gasteiger partial charge in [-0.05, 0) is 25.1 Å². The van der Waals surface area contributed by atoms with Crippen molar-refractivity contribution in [2.45, 2.75) is 12.5 Å². The van der Waals surface area contributed by atoms with E-state index in [9.17, 15) is 0 Å². The van der Waals surface area contributed by atoms with Gasteiger partial charge in [-0.15, -0.1) is 0 Å². The molecule has 1 N–H and O–H groups in total. The van der Waals surface area contributed by atoms with Gasteiger partial charge in [-0.3, -0.25) is 0 Å². The lowest BCUT2D eigenvalue weighted by Gasteiger charge is -2.12. The quantitative estimate of drug-likeness (QED) is 0.743. The molecule has 0 bridgehead atoms. The van der Waals surface area contributed by atoms with E-state index in [0.29, 0.717) is 11.4 Å². The zero-order valence-corrected chi connectivity index (χ0v) is 7.73. The molecule has 72 valence electrons. The largest absolute Gasteiger partial charge is 0.486 e. The molecule has 0 aliphatic carbocycles. The Morgan fingerprint density at radius 2 is 2.57 bits per heavy atom. The first-order chi connectivity index (χ1) is 6.90. The van der Waals surface area contributed by atoms with Gasteiger partial charge in [0.2, 0.25) is 0 Å². The first-order valence-electron chi connectivity index (χ1n) is 4.62. The molecule has 1 unspecified atom stereocenters. The van der Waals surface area contributed by atoms with Crippen molar-refractivity contribution in [1.29, 1.82) is 5.26 Å². The topological polar surface area (TPSA) is 57.9 Å². The van der Waals surface area contributed by atoms with E-state index in [4.69, 9.17) is 10.00 Å². The van der Waals surface area contributed by atoms with Crippen LogP contribution < -0.4 is 10.1 Å². The fourth-order valence-electron chi connectivity index (χ4n) is 1.48. The van der Waals surface area contributed by atoms with Crippen LogP contribution in [0, 0.1) is 11.3 Å². The molecule has 1 saturated heterocycles. The van der Waals surface area contributed by atoms with Crippen LogP contribution in [0.3, 0.4) is 0 Å². The fraction of sp³-hybridized carbons (Fsp3) is 0.400. The third-order valence-electron chi connectivity index (χ3n) is 2.19. The highest BCUT2D eigenvalue weighted by molar-refractivity contribution is 5.36. The molecular weight excluding hydrogens is 178 g/mol. The molecule has 2 heterocycles. The van der Waals surface area contributed by atoms with Crippen LogP contribution in [0.5, 0.6) is 5.75 Å². The van der Waals surface area contributed by atoms with Crippen LogP contribution >= 0.6 is 0 Å². The van der Waals surface area contributed by atoms with Crippen molar-refractivity contribution >= 4 is 0 Å². The van der Waals surface area contributed by atoms with Crippen molar-refractivity contribution in [3.8, 4) is 11.8 Å². The SMILES string of the molecule is N#Cc1ncccc1OC1CCNC1. The number of nitrogens with one attached hydrogen (secondary N) is 1. The normalized spacial score (nSPS) is 20.4. The predicted molar refractivity (Wildman–Crippen MR) is 50.9 cm³/mol. The molecule has 0 spiro atoms. The second-order valence-corrected chi connectivity index (χ2v) is 3.19. The molecule has 0 saturated carbocycles. The molecular formula is C10H11N3O. The summed E-state index contributed by atoms with van der Waals surface area (Å²) in [6.07, 6.45) is 2.75. The molecule has 4 heteroatoms. The third-order valence-corrected chi connectivity index (χ3v) is 2.19. The Kier molecular flexibility index (Phi) is 2.61.